The number of nitrogens with zero attached hydrogens (tertiary/aromatic N) is 2. The maximum absolute atomic E-state index is 13.4. The average molecular weight is 355 g/mol. The lowest BCUT2D eigenvalue weighted by molar-refractivity contribution is 0.626. The first-order chi connectivity index (χ1) is 9.49. The molecule has 0 spiro atoms. The van der Waals surface area contributed by atoms with Crippen LogP contribution in [0.1, 0.15) is 5.56 Å². The van der Waals surface area contributed by atoms with Crippen molar-refractivity contribution in [2.75, 3.05) is 5.73 Å². The largest absolute Gasteiger partial charge is 0.369 e. The Labute approximate surface area is 128 Å². The first-order valence-corrected chi connectivity index (χ1v) is 7.04. The van der Waals surface area contributed by atoms with E-state index in [9.17, 15) is 4.39 Å². The number of hydrogen-bond donors (Lipinski definition) is 1. The first kappa shape index (κ1) is 13.4. The molecular weight excluding hydrogens is 345 g/mol. The van der Waals surface area contributed by atoms with Crippen LogP contribution in [0.5, 0.6) is 0 Å². The van der Waals surface area contributed by atoms with Crippen LogP contribution in [0.15, 0.2) is 34.8 Å². The molecule has 0 aliphatic rings. The topological polar surface area (TPSA) is 43.8 Å². The number of nitrogens with two attached hydrogens (primary N) is 1. The van der Waals surface area contributed by atoms with Crippen LogP contribution in [-0.4, -0.2) is 9.55 Å². The van der Waals surface area contributed by atoms with Crippen LogP contribution in [0.25, 0.3) is 16.7 Å². The first-order valence-electron chi connectivity index (χ1n) is 5.87. The van der Waals surface area contributed by atoms with Gasteiger partial charge >= 0.3 is 0 Å². The Morgan fingerprint density at radius 1 is 1.35 bits per heavy atom. The molecule has 1 aromatic heterocycles. The highest BCUT2D eigenvalue weighted by Crippen LogP contribution is 2.35. The summed E-state index contributed by atoms with van der Waals surface area (Å²) in [6.45, 7) is 1.96. The number of fused-ring (bicyclic) bond motifs is 1. The monoisotopic (exact) mass is 353 g/mol. The SMILES string of the molecule is Cc1cccc2c1nc(N)n2-c1c(Cl)cc(F)cc1Br. The van der Waals surface area contributed by atoms with Crippen LogP contribution in [0.2, 0.25) is 5.02 Å². The van der Waals surface area contributed by atoms with Gasteiger partial charge in [-0.1, -0.05) is 23.7 Å². The summed E-state index contributed by atoms with van der Waals surface area (Å²) in [7, 11) is 0. The molecule has 3 nitrogen and oxygen atoms in total. The molecule has 0 aliphatic heterocycles. The number of halogens is 3. The number of hydrogen-bond acceptors (Lipinski definition) is 2. The number of aromatic nitrogens is 2. The molecule has 102 valence electrons. The maximum Gasteiger partial charge on any atom is 0.206 e. The van der Waals surface area contributed by atoms with Crippen LogP contribution >= 0.6 is 27.5 Å². The number of benzene rings is 2. The zero-order valence-corrected chi connectivity index (χ0v) is 12.8. The number of anilines is 1. The molecule has 0 aliphatic carbocycles. The normalized spacial score (nSPS) is 11.2. The third-order valence-electron chi connectivity index (χ3n) is 3.12. The van der Waals surface area contributed by atoms with Gasteiger partial charge in [0.25, 0.3) is 0 Å². The summed E-state index contributed by atoms with van der Waals surface area (Å²) < 4.78 is 15.6. The molecule has 20 heavy (non-hydrogen) atoms. The molecule has 2 aromatic carbocycles. The van der Waals surface area contributed by atoms with Crippen LogP contribution < -0.4 is 5.73 Å². The lowest BCUT2D eigenvalue weighted by atomic mass is 10.2. The van der Waals surface area contributed by atoms with E-state index in [1.807, 2.05) is 25.1 Å². The zero-order chi connectivity index (χ0) is 14.4. The Morgan fingerprint density at radius 2 is 2.10 bits per heavy atom. The summed E-state index contributed by atoms with van der Waals surface area (Å²) >= 11 is 9.49. The van der Waals surface area contributed by atoms with Crippen LogP contribution in [0.4, 0.5) is 10.3 Å². The summed E-state index contributed by atoms with van der Waals surface area (Å²) in [5.74, 6) is -0.103. The van der Waals surface area contributed by atoms with Crippen LogP contribution in [-0.2, 0) is 0 Å². The van der Waals surface area contributed by atoms with E-state index in [-0.39, 0.29) is 5.02 Å². The van der Waals surface area contributed by atoms with E-state index in [1.54, 1.807) is 4.57 Å². The predicted octanol–water partition coefficient (Wildman–Crippen LogP) is 4.47. The Bertz CT molecular complexity index is 806. The molecule has 3 rings (SSSR count). The van der Waals surface area contributed by atoms with E-state index in [4.69, 9.17) is 17.3 Å². The van der Waals surface area contributed by atoms with E-state index in [2.05, 4.69) is 20.9 Å². The maximum atomic E-state index is 13.4. The molecule has 0 unspecified atom stereocenters. The number of nitrogen functional groups attached to an aromatic ring is 1. The molecule has 6 heteroatoms. The molecule has 0 radical (unpaired) electrons. The minimum Gasteiger partial charge on any atom is -0.369 e. The highest BCUT2D eigenvalue weighted by atomic mass is 79.9. The summed E-state index contributed by atoms with van der Waals surface area (Å²) in [4.78, 5) is 4.36. The lowest BCUT2D eigenvalue weighted by Crippen LogP contribution is -2.02. The summed E-state index contributed by atoms with van der Waals surface area (Å²) in [5.41, 5.74) is 9.24. The molecule has 0 saturated heterocycles. The number of aryl methyl sites for hydroxylation is 1. The molecular formula is C14H10BrClFN3. The van der Waals surface area contributed by atoms with Crippen molar-refractivity contribution in [2.45, 2.75) is 6.92 Å². The third kappa shape index (κ3) is 1.98. The van der Waals surface area contributed by atoms with Gasteiger partial charge in [0.05, 0.1) is 21.7 Å². The molecule has 0 fully saturated rings. The smallest absolute Gasteiger partial charge is 0.206 e. The highest BCUT2D eigenvalue weighted by Gasteiger charge is 2.17. The Hall–Kier alpha value is -1.59. The second-order valence-electron chi connectivity index (χ2n) is 4.47. The molecule has 0 saturated carbocycles. The average Bonchev–Trinajstić information content (AvgIpc) is 2.67. The van der Waals surface area contributed by atoms with Crippen LogP contribution in [0.3, 0.4) is 0 Å². The molecule has 0 atom stereocenters. The number of imidazole rings is 1. The van der Waals surface area contributed by atoms with E-state index >= 15 is 0 Å². The van der Waals surface area contributed by atoms with Gasteiger partial charge in [-0.05, 0) is 46.6 Å². The number of para-hydroxylation sites is 1. The van der Waals surface area contributed by atoms with Crippen molar-refractivity contribution >= 4 is 44.5 Å². The second-order valence-corrected chi connectivity index (χ2v) is 5.73. The van der Waals surface area contributed by atoms with Gasteiger partial charge in [-0.2, -0.15) is 0 Å². The standard InChI is InChI=1S/C14H10BrClFN3/c1-7-3-2-4-11-12(7)19-14(18)20(11)13-9(15)5-8(17)6-10(13)16/h2-6H,1H3,(H2,18,19). The highest BCUT2D eigenvalue weighted by molar-refractivity contribution is 9.10. The van der Waals surface area contributed by atoms with Gasteiger partial charge in [-0.3, -0.25) is 4.57 Å². The van der Waals surface area contributed by atoms with Crippen molar-refractivity contribution in [1.29, 1.82) is 0 Å². The number of rotatable bonds is 1. The fraction of sp³-hybridized carbons (Fsp3) is 0.0714. The summed E-state index contributed by atoms with van der Waals surface area (Å²) in [6, 6.07) is 8.38. The van der Waals surface area contributed by atoms with Crippen molar-refractivity contribution < 1.29 is 4.39 Å². The van der Waals surface area contributed by atoms with Crippen molar-refractivity contribution in [2.24, 2.45) is 0 Å². The van der Waals surface area contributed by atoms with Gasteiger partial charge in [-0.25, -0.2) is 9.37 Å². The quantitative estimate of drug-likeness (QED) is 0.700. The van der Waals surface area contributed by atoms with E-state index in [0.29, 0.717) is 16.1 Å². The van der Waals surface area contributed by atoms with Crippen molar-refractivity contribution in [3.63, 3.8) is 0 Å². The van der Waals surface area contributed by atoms with Gasteiger partial charge in [0, 0.05) is 4.47 Å². The molecule has 0 bridgehead atoms. The second kappa shape index (κ2) is 4.75. The van der Waals surface area contributed by atoms with Gasteiger partial charge in [0.2, 0.25) is 5.95 Å². The van der Waals surface area contributed by atoms with Gasteiger partial charge in [0.15, 0.2) is 0 Å². The summed E-state index contributed by atoms with van der Waals surface area (Å²) in [5, 5.41) is 0.268. The van der Waals surface area contributed by atoms with Crippen molar-refractivity contribution in [3.05, 3.63) is 51.2 Å². The predicted molar refractivity (Wildman–Crippen MR) is 82.9 cm³/mol. The van der Waals surface area contributed by atoms with Crippen molar-refractivity contribution in [1.82, 2.24) is 9.55 Å². The van der Waals surface area contributed by atoms with Crippen LogP contribution in [0, 0.1) is 12.7 Å². The minimum absolute atomic E-state index is 0.268. The Balaban J connectivity index is 2.42. The van der Waals surface area contributed by atoms with Gasteiger partial charge < -0.3 is 5.73 Å². The minimum atomic E-state index is -0.412. The van der Waals surface area contributed by atoms with E-state index < -0.39 is 5.82 Å². The van der Waals surface area contributed by atoms with E-state index in [1.165, 1.54) is 12.1 Å². The fourth-order valence-corrected chi connectivity index (χ4v) is 3.25. The Morgan fingerprint density at radius 3 is 2.80 bits per heavy atom. The molecule has 2 N–H and O–H groups in total. The summed E-state index contributed by atoms with van der Waals surface area (Å²) in [6.07, 6.45) is 0. The zero-order valence-electron chi connectivity index (χ0n) is 10.5. The fourth-order valence-electron chi connectivity index (χ4n) is 2.24. The van der Waals surface area contributed by atoms with Gasteiger partial charge in [-0.15, -0.1) is 0 Å². The third-order valence-corrected chi connectivity index (χ3v) is 4.01. The lowest BCUT2D eigenvalue weighted by Gasteiger charge is -2.11. The van der Waals surface area contributed by atoms with E-state index in [0.717, 1.165) is 16.6 Å². The molecule has 0 amide bonds. The molecule has 1 heterocycles. The van der Waals surface area contributed by atoms with Crippen molar-refractivity contribution in [3.8, 4) is 5.69 Å². The molecule has 3 aromatic rings. The Kier molecular flexibility index (Phi) is 3.18. The van der Waals surface area contributed by atoms with Gasteiger partial charge in [0.1, 0.15) is 5.82 Å².